The predicted molar refractivity (Wildman–Crippen MR) is 87.5 cm³/mol. The highest BCUT2D eigenvalue weighted by Gasteiger charge is 2.03. The van der Waals surface area contributed by atoms with Crippen LogP contribution in [0.3, 0.4) is 0 Å². The van der Waals surface area contributed by atoms with Gasteiger partial charge in [0, 0.05) is 10.7 Å². The molecule has 0 saturated heterocycles. The fourth-order valence-electron chi connectivity index (χ4n) is 1.51. The van der Waals surface area contributed by atoms with Crippen molar-refractivity contribution >= 4 is 51.9 Å². The van der Waals surface area contributed by atoms with Crippen molar-refractivity contribution < 1.29 is 0 Å². The molecule has 0 amide bonds. The van der Waals surface area contributed by atoms with E-state index in [4.69, 9.17) is 35.4 Å². The predicted octanol–water partition coefficient (Wildman–Crippen LogP) is 5.11. The van der Waals surface area contributed by atoms with Crippen LogP contribution in [0.5, 0.6) is 0 Å². The van der Waals surface area contributed by atoms with Crippen molar-refractivity contribution in [2.45, 2.75) is 6.92 Å². The Kier molecular flexibility index (Phi) is 4.64. The van der Waals surface area contributed by atoms with Crippen LogP contribution in [0.1, 0.15) is 5.56 Å². The molecule has 2 rings (SSSR count). The summed E-state index contributed by atoms with van der Waals surface area (Å²) in [4.78, 5) is 0. The van der Waals surface area contributed by atoms with Crippen LogP contribution in [0.4, 0.5) is 11.4 Å². The zero-order valence-corrected chi connectivity index (χ0v) is 12.5. The maximum Gasteiger partial charge on any atom is 0.175 e. The van der Waals surface area contributed by atoms with Crippen LogP contribution >= 0.6 is 35.4 Å². The summed E-state index contributed by atoms with van der Waals surface area (Å²) in [6, 6.07) is 13.2. The van der Waals surface area contributed by atoms with Crippen molar-refractivity contribution in [3.63, 3.8) is 0 Å². The lowest BCUT2D eigenvalue weighted by molar-refractivity contribution is 1.47. The molecule has 19 heavy (non-hydrogen) atoms. The van der Waals surface area contributed by atoms with E-state index in [1.807, 2.05) is 31.2 Å². The number of aryl methyl sites for hydroxylation is 1. The van der Waals surface area contributed by atoms with E-state index in [1.165, 1.54) is 5.56 Å². The zero-order valence-electron chi connectivity index (χ0n) is 10.2. The molecule has 0 bridgehead atoms. The van der Waals surface area contributed by atoms with Crippen molar-refractivity contribution in [1.82, 2.24) is 0 Å². The second-order valence-electron chi connectivity index (χ2n) is 4.07. The summed E-state index contributed by atoms with van der Waals surface area (Å²) < 4.78 is 0. The molecule has 0 saturated carbocycles. The molecule has 0 atom stereocenters. The van der Waals surface area contributed by atoms with Gasteiger partial charge in [-0.1, -0.05) is 40.9 Å². The first-order chi connectivity index (χ1) is 9.04. The Morgan fingerprint density at radius 1 is 1.00 bits per heavy atom. The van der Waals surface area contributed by atoms with Crippen molar-refractivity contribution in [3.05, 3.63) is 58.1 Å². The summed E-state index contributed by atoms with van der Waals surface area (Å²) in [5.41, 5.74) is 2.84. The van der Waals surface area contributed by atoms with Crippen molar-refractivity contribution in [3.8, 4) is 0 Å². The topological polar surface area (TPSA) is 24.1 Å². The van der Waals surface area contributed by atoms with Crippen LogP contribution in [-0.2, 0) is 0 Å². The van der Waals surface area contributed by atoms with E-state index in [0.29, 0.717) is 15.2 Å². The second-order valence-corrected chi connectivity index (χ2v) is 5.32. The van der Waals surface area contributed by atoms with Gasteiger partial charge < -0.3 is 10.6 Å². The molecule has 98 valence electrons. The number of halogens is 2. The van der Waals surface area contributed by atoms with E-state index in [-0.39, 0.29) is 0 Å². The van der Waals surface area contributed by atoms with Crippen LogP contribution < -0.4 is 10.6 Å². The molecule has 0 heterocycles. The second kappa shape index (κ2) is 6.24. The first kappa shape index (κ1) is 14.1. The van der Waals surface area contributed by atoms with Gasteiger partial charge in [-0.05, 0) is 49.5 Å². The van der Waals surface area contributed by atoms with Crippen molar-refractivity contribution in [2.24, 2.45) is 0 Å². The van der Waals surface area contributed by atoms with Gasteiger partial charge in [-0.2, -0.15) is 0 Å². The minimum atomic E-state index is 0.480. The Hall–Kier alpha value is -1.29. The summed E-state index contributed by atoms with van der Waals surface area (Å²) in [6.07, 6.45) is 0. The maximum absolute atomic E-state index is 6.06. The van der Waals surface area contributed by atoms with E-state index < -0.39 is 0 Å². The monoisotopic (exact) mass is 310 g/mol. The Bertz CT molecular complexity index is 597. The lowest BCUT2D eigenvalue weighted by Gasteiger charge is -2.12. The fourth-order valence-corrected chi connectivity index (χ4v) is 2.20. The van der Waals surface area contributed by atoms with Crippen molar-refractivity contribution in [1.29, 1.82) is 0 Å². The summed E-state index contributed by atoms with van der Waals surface area (Å²) in [5, 5.41) is 7.72. The number of nitrogens with one attached hydrogen (secondary N) is 2. The average molecular weight is 311 g/mol. The van der Waals surface area contributed by atoms with Gasteiger partial charge in [0.05, 0.1) is 10.7 Å². The van der Waals surface area contributed by atoms with Gasteiger partial charge in [-0.15, -0.1) is 0 Å². The molecule has 0 radical (unpaired) electrons. The number of anilines is 2. The molecule has 2 aromatic rings. The fraction of sp³-hybridized carbons (Fsp3) is 0.0714. The maximum atomic E-state index is 6.06. The van der Waals surface area contributed by atoms with Gasteiger partial charge in [0.2, 0.25) is 0 Å². The first-order valence-electron chi connectivity index (χ1n) is 5.64. The van der Waals surface area contributed by atoms with Crippen LogP contribution in [0, 0.1) is 6.92 Å². The third kappa shape index (κ3) is 4.10. The standard InChI is InChI=1S/C14H12Cl2N2S/c1-9-2-5-11(6-3-9)17-14(19)18-13-7-4-10(15)8-12(13)16/h2-8H,1H3,(H2,17,18,19). The Morgan fingerprint density at radius 3 is 2.32 bits per heavy atom. The zero-order chi connectivity index (χ0) is 13.8. The summed E-state index contributed by atoms with van der Waals surface area (Å²) >= 11 is 17.1. The molecule has 0 aromatic heterocycles. The van der Waals surface area contributed by atoms with Crippen LogP contribution in [0.25, 0.3) is 0 Å². The largest absolute Gasteiger partial charge is 0.332 e. The summed E-state index contributed by atoms with van der Waals surface area (Å²) in [7, 11) is 0. The molecule has 2 aromatic carbocycles. The minimum Gasteiger partial charge on any atom is -0.332 e. The number of thiocarbonyl (C=S) groups is 1. The molecule has 0 aliphatic rings. The Morgan fingerprint density at radius 2 is 1.68 bits per heavy atom. The van der Waals surface area contributed by atoms with E-state index in [0.717, 1.165) is 11.4 Å². The Balaban J connectivity index is 2.03. The molecule has 2 N–H and O–H groups in total. The van der Waals surface area contributed by atoms with Gasteiger partial charge in [-0.25, -0.2) is 0 Å². The molecule has 0 unspecified atom stereocenters. The number of rotatable bonds is 2. The third-order valence-corrected chi connectivity index (χ3v) is 3.24. The lowest BCUT2D eigenvalue weighted by Crippen LogP contribution is -2.19. The molecular weight excluding hydrogens is 299 g/mol. The summed E-state index contributed by atoms with van der Waals surface area (Å²) in [6.45, 7) is 2.04. The molecule has 5 heteroatoms. The highest BCUT2D eigenvalue weighted by molar-refractivity contribution is 7.80. The highest BCUT2D eigenvalue weighted by Crippen LogP contribution is 2.25. The van der Waals surface area contributed by atoms with E-state index >= 15 is 0 Å². The van der Waals surface area contributed by atoms with E-state index in [1.54, 1.807) is 18.2 Å². The van der Waals surface area contributed by atoms with Gasteiger partial charge in [0.15, 0.2) is 5.11 Å². The van der Waals surface area contributed by atoms with Gasteiger partial charge >= 0.3 is 0 Å². The highest BCUT2D eigenvalue weighted by atomic mass is 35.5. The minimum absolute atomic E-state index is 0.480. The summed E-state index contributed by atoms with van der Waals surface area (Å²) in [5.74, 6) is 0. The smallest absolute Gasteiger partial charge is 0.175 e. The van der Waals surface area contributed by atoms with Gasteiger partial charge in [0.1, 0.15) is 0 Å². The van der Waals surface area contributed by atoms with Crippen LogP contribution in [0.15, 0.2) is 42.5 Å². The van der Waals surface area contributed by atoms with Crippen LogP contribution in [-0.4, -0.2) is 5.11 Å². The van der Waals surface area contributed by atoms with Gasteiger partial charge in [0.25, 0.3) is 0 Å². The number of hydrogen-bond acceptors (Lipinski definition) is 1. The Labute approximate surface area is 127 Å². The SMILES string of the molecule is Cc1ccc(NC(=S)Nc2ccc(Cl)cc2Cl)cc1. The molecular formula is C14H12Cl2N2S. The number of benzene rings is 2. The molecule has 0 spiro atoms. The first-order valence-corrected chi connectivity index (χ1v) is 6.81. The van der Waals surface area contributed by atoms with Crippen LogP contribution in [0.2, 0.25) is 10.0 Å². The normalized spacial score (nSPS) is 10.1. The quantitative estimate of drug-likeness (QED) is 0.754. The molecule has 0 aliphatic carbocycles. The molecule has 0 aliphatic heterocycles. The van der Waals surface area contributed by atoms with E-state index in [9.17, 15) is 0 Å². The van der Waals surface area contributed by atoms with Gasteiger partial charge in [-0.3, -0.25) is 0 Å². The van der Waals surface area contributed by atoms with Crippen molar-refractivity contribution in [2.75, 3.05) is 10.6 Å². The third-order valence-electron chi connectivity index (χ3n) is 2.49. The lowest BCUT2D eigenvalue weighted by atomic mass is 10.2. The molecule has 2 nitrogen and oxygen atoms in total. The molecule has 0 fully saturated rings. The van der Waals surface area contributed by atoms with E-state index in [2.05, 4.69) is 10.6 Å². The average Bonchev–Trinajstić information content (AvgIpc) is 2.36. The number of hydrogen-bond donors (Lipinski definition) is 2.